The van der Waals surface area contributed by atoms with Gasteiger partial charge in [0.15, 0.2) is 0 Å². The van der Waals surface area contributed by atoms with Crippen molar-refractivity contribution in [3.05, 3.63) is 71.3 Å². The highest BCUT2D eigenvalue weighted by atomic mass is 19.1. The first-order valence-electron chi connectivity index (χ1n) is 5.39. The molecule has 92 valence electrons. The molecule has 2 nitrogen and oxygen atoms in total. The molecule has 2 aromatic carbocycles. The van der Waals surface area contributed by atoms with Crippen LogP contribution in [0.4, 0.5) is 8.78 Å². The molecule has 0 aliphatic rings. The third-order valence-corrected chi connectivity index (χ3v) is 2.29. The predicted octanol–water partition coefficient (Wildman–Crippen LogP) is 3.52. The lowest BCUT2D eigenvalue weighted by Gasteiger charge is -1.99. The fourth-order valence-electron chi connectivity index (χ4n) is 1.34. The van der Waals surface area contributed by atoms with Crippen LogP contribution >= 0.6 is 0 Å². The zero-order chi connectivity index (χ0) is 12.8. The third kappa shape index (κ3) is 3.66. The number of rotatable bonds is 4. The monoisotopic (exact) mass is 247 g/mol. The standard InChI is InChI=1S/C14H11F2NO/c15-13-5-1-11(2-6-13)9-17-18-10-12-3-7-14(16)8-4-12/h1-9H,10H2. The number of hydrogen-bond acceptors (Lipinski definition) is 2. The van der Waals surface area contributed by atoms with Gasteiger partial charge < -0.3 is 4.84 Å². The first-order chi connectivity index (χ1) is 8.74. The first-order valence-corrected chi connectivity index (χ1v) is 5.39. The first kappa shape index (κ1) is 12.2. The van der Waals surface area contributed by atoms with Crippen molar-refractivity contribution in [3.8, 4) is 0 Å². The smallest absolute Gasteiger partial charge is 0.142 e. The molecule has 2 rings (SSSR count). The maximum absolute atomic E-state index is 12.6. The Morgan fingerprint density at radius 1 is 0.889 bits per heavy atom. The van der Waals surface area contributed by atoms with Crippen molar-refractivity contribution in [2.45, 2.75) is 6.61 Å². The molecule has 0 aliphatic heterocycles. The fourth-order valence-corrected chi connectivity index (χ4v) is 1.34. The molecule has 0 saturated heterocycles. The summed E-state index contributed by atoms with van der Waals surface area (Å²) in [5.74, 6) is -0.576. The summed E-state index contributed by atoms with van der Waals surface area (Å²) in [4.78, 5) is 5.05. The Labute approximate surface area is 104 Å². The molecule has 2 aromatic rings. The van der Waals surface area contributed by atoms with Crippen LogP contribution in [0.5, 0.6) is 0 Å². The van der Waals surface area contributed by atoms with Crippen LogP contribution < -0.4 is 0 Å². The average molecular weight is 247 g/mol. The minimum atomic E-state index is -0.292. The van der Waals surface area contributed by atoms with Crippen molar-refractivity contribution < 1.29 is 13.6 Å². The number of hydrogen-bond donors (Lipinski definition) is 0. The normalized spacial score (nSPS) is 10.8. The molecule has 0 radical (unpaired) electrons. The van der Waals surface area contributed by atoms with Crippen molar-refractivity contribution in [1.29, 1.82) is 0 Å². The molecule has 0 bridgehead atoms. The van der Waals surface area contributed by atoms with E-state index in [0.29, 0.717) is 0 Å². The van der Waals surface area contributed by atoms with Crippen LogP contribution in [0, 0.1) is 11.6 Å². The Bertz CT molecular complexity index is 520. The lowest BCUT2D eigenvalue weighted by molar-refractivity contribution is 0.132. The Morgan fingerprint density at radius 3 is 2.06 bits per heavy atom. The van der Waals surface area contributed by atoms with Crippen molar-refractivity contribution >= 4 is 6.21 Å². The van der Waals surface area contributed by atoms with E-state index in [1.807, 2.05) is 0 Å². The van der Waals surface area contributed by atoms with Gasteiger partial charge in [0.05, 0.1) is 6.21 Å². The molecule has 0 spiro atoms. The number of oxime groups is 1. The second-order valence-electron chi connectivity index (χ2n) is 3.69. The van der Waals surface area contributed by atoms with Crippen molar-refractivity contribution in [1.82, 2.24) is 0 Å². The summed E-state index contributed by atoms with van der Waals surface area (Å²) < 4.78 is 25.3. The lowest BCUT2D eigenvalue weighted by atomic mass is 10.2. The largest absolute Gasteiger partial charge is 0.391 e. The highest BCUT2D eigenvalue weighted by molar-refractivity contribution is 5.78. The van der Waals surface area contributed by atoms with Gasteiger partial charge in [0.1, 0.15) is 18.2 Å². The van der Waals surface area contributed by atoms with Gasteiger partial charge in [0.2, 0.25) is 0 Å². The third-order valence-electron chi connectivity index (χ3n) is 2.29. The minimum Gasteiger partial charge on any atom is -0.391 e. The summed E-state index contributed by atoms with van der Waals surface area (Å²) in [5, 5.41) is 3.75. The van der Waals surface area contributed by atoms with Crippen LogP contribution in [-0.4, -0.2) is 6.21 Å². The summed E-state index contributed by atoms with van der Waals surface area (Å²) in [5.41, 5.74) is 1.57. The van der Waals surface area contributed by atoms with Crippen LogP contribution in [0.15, 0.2) is 53.7 Å². The highest BCUT2D eigenvalue weighted by Crippen LogP contribution is 2.04. The van der Waals surface area contributed by atoms with Crippen LogP contribution in [-0.2, 0) is 11.4 Å². The molecule has 18 heavy (non-hydrogen) atoms. The molecule has 0 saturated carbocycles. The van der Waals surface area contributed by atoms with Crippen LogP contribution in [0.1, 0.15) is 11.1 Å². The fraction of sp³-hybridized carbons (Fsp3) is 0.0714. The van der Waals surface area contributed by atoms with E-state index in [-0.39, 0.29) is 18.2 Å². The molecule has 0 atom stereocenters. The molecule has 0 N–H and O–H groups in total. The molecule has 0 fully saturated rings. The molecule has 0 heterocycles. The maximum Gasteiger partial charge on any atom is 0.142 e. The van der Waals surface area contributed by atoms with Crippen molar-refractivity contribution in [2.75, 3.05) is 0 Å². The topological polar surface area (TPSA) is 21.6 Å². The van der Waals surface area contributed by atoms with Gasteiger partial charge in [0.25, 0.3) is 0 Å². The highest BCUT2D eigenvalue weighted by Gasteiger charge is 1.93. The van der Waals surface area contributed by atoms with E-state index >= 15 is 0 Å². The van der Waals surface area contributed by atoms with Gasteiger partial charge in [-0.25, -0.2) is 8.78 Å². The van der Waals surface area contributed by atoms with Gasteiger partial charge in [-0.05, 0) is 35.4 Å². The second kappa shape index (κ2) is 5.91. The molecule has 4 heteroatoms. The summed E-state index contributed by atoms with van der Waals surface area (Å²) in [7, 11) is 0. The van der Waals surface area contributed by atoms with Gasteiger partial charge in [-0.2, -0.15) is 0 Å². The molecule has 0 aromatic heterocycles. The molecule has 0 unspecified atom stereocenters. The summed E-state index contributed by atoms with van der Waals surface area (Å²) in [6, 6.07) is 11.9. The van der Waals surface area contributed by atoms with E-state index < -0.39 is 0 Å². The van der Waals surface area contributed by atoms with E-state index in [2.05, 4.69) is 5.16 Å². The van der Waals surface area contributed by atoms with Gasteiger partial charge in [0, 0.05) is 0 Å². The summed E-state index contributed by atoms with van der Waals surface area (Å²) in [6.45, 7) is 0.262. The molecule has 0 aliphatic carbocycles. The molecule has 0 amide bonds. The average Bonchev–Trinajstić information content (AvgIpc) is 2.39. The van der Waals surface area contributed by atoms with E-state index in [4.69, 9.17) is 4.84 Å². The van der Waals surface area contributed by atoms with Gasteiger partial charge >= 0.3 is 0 Å². The lowest BCUT2D eigenvalue weighted by Crippen LogP contribution is -1.88. The van der Waals surface area contributed by atoms with E-state index in [9.17, 15) is 8.78 Å². The zero-order valence-electron chi connectivity index (χ0n) is 9.51. The SMILES string of the molecule is Fc1ccc(C=NOCc2ccc(F)cc2)cc1. The number of benzene rings is 2. The Balaban J connectivity index is 1.84. The number of nitrogens with zero attached hydrogens (tertiary/aromatic N) is 1. The molecular formula is C14H11F2NO. The van der Waals surface area contributed by atoms with Crippen molar-refractivity contribution in [3.63, 3.8) is 0 Å². The van der Waals surface area contributed by atoms with Gasteiger partial charge in [-0.1, -0.05) is 29.4 Å². The van der Waals surface area contributed by atoms with Crippen molar-refractivity contribution in [2.24, 2.45) is 5.16 Å². The van der Waals surface area contributed by atoms with Crippen LogP contribution in [0.3, 0.4) is 0 Å². The summed E-state index contributed by atoms with van der Waals surface area (Å²) >= 11 is 0. The van der Waals surface area contributed by atoms with Gasteiger partial charge in [-0.3, -0.25) is 0 Å². The minimum absolute atomic E-state index is 0.262. The Kier molecular flexibility index (Phi) is 4.02. The maximum atomic E-state index is 12.6. The van der Waals surface area contributed by atoms with Crippen LogP contribution in [0.2, 0.25) is 0 Å². The predicted molar refractivity (Wildman–Crippen MR) is 65.2 cm³/mol. The Hall–Kier alpha value is -2.23. The van der Waals surface area contributed by atoms with E-state index in [1.54, 1.807) is 24.3 Å². The quantitative estimate of drug-likeness (QED) is 0.598. The molecular weight excluding hydrogens is 236 g/mol. The van der Waals surface area contributed by atoms with E-state index in [1.165, 1.54) is 30.5 Å². The van der Waals surface area contributed by atoms with Crippen LogP contribution in [0.25, 0.3) is 0 Å². The number of halogens is 2. The zero-order valence-corrected chi connectivity index (χ0v) is 9.51. The van der Waals surface area contributed by atoms with Gasteiger partial charge in [-0.15, -0.1) is 0 Å². The summed E-state index contributed by atoms with van der Waals surface area (Å²) in [6.07, 6.45) is 1.49. The van der Waals surface area contributed by atoms with E-state index in [0.717, 1.165) is 11.1 Å². The second-order valence-corrected chi connectivity index (χ2v) is 3.69. The Morgan fingerprint density at radius 2 is 1.44 bits per heavy atom.